The van der Waals surface area contributed by atoms with Gasteiger partial charge in [-0.2, -0.15) is 0 Å². The molecule has 0 radical (unpaired) electrons. The maximum atomic E-state index is 12.3. The number of aromatic nitrogens is 1. The second-order valence-electron chi connectivity index (χ2n) is 6.04. The van der Waals surface area contributed by atoms with Gasteiger partial charge < -0.3 is 18.9 Å². The van der Waals surface area contributed by atoms with Gasteiger partial charge in [0, 0.05) is 22.6 Å². The first-order valence-electron chi connectivity index (χ1n) is 8.73. The van der Waals surface area contributed by atoms with E-state index in [1.807, 2.05) is 23.6 Å². The first kappa shape index (κ1) is 18.8. The lowest BCUT2D eigenvalue weighted by Crippen LogP contribution is -2.07. The molecule has 0 spiro atoms. The molecular formula is C21H18N2O5S. The van der Waals surface area contributed by atoms with Gasteiger partial charge in [-0.25, -0.2) is 4.98 Å². The summed E-state index contributed by atoms with van der Waals surface area (Å²) in [5.41, 5.74) is 2.38. The zero-order chi connectivity index (χ0) is 20.2. The van der Waals surface area contributed by atoms with Crippen LogP contribution in [0.3, 0.4) is 0 Å². The standard InChI is InChI=1S/C21H18N2O5S/c1-25-15-5-7-17(26-2)14(9-15)4-8-20(24)23-21-22-16(11-29-21)13-3-6-18-19(10-13)28-12-27-18/h3-11H,12H2,1-2H3,(H,22,23,24)/b8-4+. The summed E-state index contributed by atoms with van der Waals surface area (Å²) in [6.07, 6.45) is 3.10. The molecule has 148 valence electrons. The molecule has 0 saturated heterocycles. The lowest BCUT2D eigenvalue weighted by atomic mass is 10.1. The predicted octanol–water partition coefficient (Wildman–Crippen LogP) is 4.21. The molecule has 0 unspecified atom stereocenters. The number of carbonyl (C=O) groups excluding carboxylic acids is 1. The number of anilines is 1. The number of ether oxygens (including phenoxy) is 4. The fourth-order valence-electron chi connectivity index (χ4n) is 2.80. The van der Waals surface area contributed by atoms with Gasteiger partial charge in [0.05, 0.1) is 19.9 Å². The Morgan fingerprint density at radius 1 is 1.14 bits per heavy atom. The summed E-state index contributed by atoms with van der Waals surface area (Å²) in [5, 5.41) is 5.16. The summed E-state index contributed by atoms with van der Waals surface area (Å²) >= 11 is 1.35. The Morgan fingerprint density at radius 2 is 2.00 bits per heavy atom. The quantitative estimate of drug-likeness (QED) is 0.614. The number of fused-ring (bicyclic) bond motifs is 1. The number of nitrogens with one attached hydrogen (secondary N) is 1. The van der Waals surface area contributed by atoms with E-state index in [4.69, 9.17) is 18.9 Å². The van der Waals surface area contributed by atoms with Crippen LogP contribution in [-0.2, 0) is 4.79 Å². The highest BCUT2D eigenvalue weighted by molar-refractivity contribution is 7.14. The van der Waals surface area contributed by atoms with Crippen molar-refractivity contribution in [2.75, 3.05) is 26.3 Å². The van der Waals surface area contributed by atoms with E-state index in [0.717, 1.165) is 22.6 Å². The van der Waals surface area contributed by atoms with Gasteiger partial charge in [-0.1, -0.05) is 0 Å². The Balaban J connectivity index is 1.45. The number of thiazole rings is 1. The van der Waals surface area contributed by atoms with Crippen LogP contribution < -0.4 is 24.3 Å². The van der Waals surface area contributed by atoms with Crippen LogP contribution in [0.4, 0.5) is 5.13 Å². The van der Waals surface area contributed by atoms with Crippen LogP contribution in [0.2, 0.25) is 0 Å². The first-order valence-corrected chi connectivity index (χ1v) is 9.61. The zero-order valence-corrected chi connectivity index (χ0v) is 16.6. The van der Waals surface area contributed by atoms with E-state index in [2.05, 4.69) is 10.3 Å². The van der Waals surface area contributed by atoms with Crippen molar-refractivity contribution in [3.05, 3.63) is 53.4 Å². The number of rotatable bonds is 6. The smallest absolute Gasteiger partial charge is 0.250 e. The average molecular weight is 410 g/mol. The van der Waals surface area contributed by atoms with E-state index in [0.29, 0.717) is 22.4 Å². The molecule has 0 aliphatic carbocycles. The van der Waals surface area contributed by atoms with Crippen molar-refractivity contribution in [2.24, 2.45) is 0 Å². The second kappa shape index (κ2) is 8.24. The van der Waals surface area contributed by atoms with Crippen LogP contribution in [0.25, 0.3) is 17.3 Å². The molecule has 1 aliphatic heterocycles. The molecular weight excluding hydrogens is 392 g/mol. The Morgan fingerprint density at radius 3 is 2.83 bits per heavy atom. The molecule has 4 rings (SSSR count). The van der Waals surface area contributed by atoms with Gasteiger partial charge in [0.2, 0.25) is 12.7 Å². The minimum atomic E-state index is -0.290. The Labute approximate surface area is 171 Å². The third-order valence-corrected chi connectivity index (χ3v) is 5.01. The molecule has 0 bridgehead atoms. The molecule has 1 N–H and O–H groups in total. The van der Waals surface area contributed by atoms with E-state index >= 15 is 0 Å². The van der Waals surface area contributed by atoms with E-state index in [1.54, 1.807) is 38.5 Å². The number of benzene rings is 2. The minimum absolute atomic E-state index is 0.224. The summed E-state index contributed by atoms with van der Waals surface area (Å²) in [6.45, 7) is 0.224. The fraction of sp³-hybridized carbons (Fsp3) is 0.143. The van der Waals surface area contributed by atoms with E-state index in [-0.39, 0.29) is 12.7 Å². The molecule has 0 fully saturated rings. The van der Waals surface area contributed by atoms with Gasteiger partial charge in [0.25, 0.3) is 0 Å². The van der Waals surface area contributed by atoms with Crippen LogP contribution in [0, 0.1) is 0 Å². The molecule has 0 saturated carbocycles. The van der Waals surface area contributed by atoms with Crippen molar-refractivity contribution in [2.45, 2.75) is 0 Å². The van der Waals surface area contributed by atoms with Crippen molar-refractivity contribution in [3.8, 4) is 34.3 Å². The van der Waals surface area contributed by atoms with E-state index < -0.39 is 0 Å². The minimum Gasteiger partial charge on any atom is -0.497 e. The summed E-state index contributed by atoms with van der Waals surface area (Å²) in [6, 6.07) is 11.0. The largest absolute Gasteiger partial charge is 0.497 e. The van der Waals surface area contributed by atoms with Crippen LogP contribution in [0.5, 0.6) is 23.0 Å². The van der Waals surface area contributed by atoms with Gasteiger partial charge in [-0.15, -0.1) is 11.3 Å². The molecule has 1 amide bonds. The maximum Gasteiger partial charge on any atom is 0.250 e. The summed E-state index contributed by atoms with van der Waals surface area (Å²) in [7, 11) is 3.16. The predicted molar refractivity (Wildman–Crippen MR) is 111 cm³/mol. The summed E-state index contributed by atoms with van der Waals surface area (Å²) in [5.74, 6) is 2.45. The average Bonchev–Trinajstić information content (AvgIpc) is 3.40. The van der Waals surface area contributed by atoms with Crippen molar-refractivity contribution >= 4 is 28.5 Å². The number of hydrogen-bond donors (Lipinski definition) is 1. The van der Waals surface area contributed by atoms with Crippen molar-refractivity contribution in [1.82, 2.24) is 4.98 Å². The zero-order valence-electron chi connectivity index (χ0n) is 15.8. The third-order valence-electron chi connectivity index (χ3n) is 4.25. The molecule has 1 aliphatic rings. The molecule has 3 aromatic rings. The Hall–Kier alpha value is -3.52. The third kappa shape index (κ3) is 4.17. The molecule has 7 nitrogen and oxygen atoms in total. The molecule has 8 heteroatoms. The van der Waals surface area contributed by atoms with Gasteiger partial charge in [-0.05, 0) is 42.5 Å². The Kier molecular flexibility index (Phi) is 5.35. The number of amides is 1. The molecule has 0 atom stereocenters. The Bertz CT molecular complexity index is 1080. The molecule has 2 heterocycles. The van der Waals surface area contributed by atoms with E-state index in [9.17, 15) is 4.79 Å². The van der Waals surface area contributed by atoms with Gasteiger partial charge in [0.15, 0.2) is 16.6 Å². The van der Waals surface area contributed by atoms with Crippen molar-refractivity contribution in [1.29, 1.82) is 0 Å². The highest BCUT2D eigenvalue weighted by atomic mass is 32.1. The number of carbonyl (C=O) groups is 1. The van der Waals surface area contributed by atoms with Crippen LogP contribution in [0.1, 0.15) is 5.56 Å². The SMILES string of the molecule is COc1ccc(OC)c(/C=C/C(=O)Nc2nc(-c3ccc4c(c3)OCO4)cs2)c1. The number of methoxy groups -OCH3 is 2. The topological polar surface area (TPSA) is 78.9 Å². The van der Waals surface area contributed by atoms with Crippen LogP contribution in [0.15, 0.2) is 47.9 Å². The monoisotopic (exact) mass is 410 g/mol. The molecule has 29 heavy (non-hydrogen) atoms. The fourth-order valence-corrected chi connectivity index (χ4v) is 3.52. The van der Waals surface area contributed by atoms with Gasteiger partial charge >= 0.3 is 0 Å². The van der Waals surface area contributed by atoms with Crippen molar-refractivity contribution in [3.63, 3.8) is 0 Å². The number of nitrogens with zero attached hydrogens (tertiary/aromatic N) is 1. The van der Waals surface area contributed by atoms with Crippen LogP contribution >= 0.6 is 11.3 Å². The van der Waals surface area contributed by atoms with E-state index in [1.165, 1.54) is 17.4 Å². The summed E-state index contributed by atoms with van der Waals surface area (Å²) in [4.78, 5) is 16.8. The molecule has 2 aromatic carbocycles. The van der Waals surface area contributed by atoms with Gasteiger partial charge in [0.1, 0.15) is 11.5 Å². The lowest BCUT2D eigenvalue weighted by Gasteiger charge is -2.07. The highest BCUT2D eigenvalue weighted by Gasteiger charge is 2.15. The van der Waals surface area contributed by atoms with Crippen LogP contribution in [-0.4, -0.2) is 31.9 Å². The first-order chi connectivity index (χ1) is 14.2. The summed E-state index contributed by atoms with van der Waals surface area (Å²) < 4.78 is 21.2. The normalized spacial score (nSPS) is 12.2. The van der Waals surface area contributed by atoms with Crippen molar-refractivity contribution < 1.29 is 23.7 Å². The maximum absolute atomic E-state index is 12.3. The van der Waals surface area contributed by atoms with Gasteiger partial charge in [-0.3, -0.25) is 10.1 Å². The highest BCUT2D eigenvalue weighted by Crippen LogP contribution is 2.36. The number of hydrogen-bond acceptors (Lipinski definition) is 7. The second-order valence-corrected chi connectivity index (χ2v) is 6.89. The molecule has 1 aromatic heterocycles. The lowest BCUT2D eigenvalue weighted by molar-refractivity contribution is -0.111.